The summed E-state index contributed by atoms with van der Waals surface area (Å²) in [5, 5.41) is 23.3. The van der Waals surface area contributed by atoms with Gasteiger partial charge in [0.1, 0.15) is 0 Å². The van der Waals surface area contributed by atoms with Crippen molar-refractivity contribution in [3.05, 3.63) is 0 Å². The van der Waals surface area contributed by atoms with E-state index in [1.54, 1.807) is 0 Å². The summed E-state index contributed by atoms with van der Waals surface area (Å²) in [7, 11) is 0. The fraction of sp³-hybridized carbons (Fsp3) is 0.966. The maximum atomic E-state index is 12.5. The average molecular weight is 921 g/mol. The average Bonchev–Trinajstić information content (AvgIpc) is 3.31. The van der Waals surface area contributed by atoms with Crippen LogP contribution in [0, 0.1) is 0 Å². The van der Waals surface area contributed by atoms with Gasteiger partial charge in [-0.3, -0.25) is 9.59 Å². The second-order valence-electron chi connectivity index (χ2n) is 20.7. The Kier molecular flexibility index (Phi) is 54.5. The number of amides is 1. The molecule has 0 fully saturated rings. The van der Waals surface area contributed by atoms with Gasteiger partial charge >= 0.3 is 5.97 Å². The molecular formula is C59H117NO5. The van der Waals surface area contributed by atoms with Crippen LogP contribution in [0.15, 0.2) is 0 Å². The van der Waals surface area contributed by atoms with Gasteiger partial charge in [-0.25, -0.2) is 0 Å². The fourth-order valence-corrected chi connectivity index (χ4v) is 9.58. The van der Waals surface area contributed by atoms with Gasteiger partial charge in [0, 0.05) is 12.8 Å². The number of esters is 1. The van der Waals surface area contributed by atoms with Crippen LogP contribution in [0.25, 0.3) is 0 Å². The molecule has 0 aliphatic rings. The minimum absolute atomic E-state index is 0.00622. The van der Waals surface area contributed by atoms with E-state index in [1.165, 1.54) is 270 Å². The second-order valence-corrected chi connectivity index (χ2v) is 20.7. The van der Waals surface area contributed by atoms with Crippen LogP contribution in [0.2, 0.25) is 0 Å². The van der Waals surface area contributed by atoms with E-state index >= 15 is 0 Å². The Labute approximate surface area is 406 Å². The van der Waals surface area contributed by atoms with Gasteiger partial charge in [-0.1, -0.05) is 303 Å². The molecule has 388 valence electrons. The molecular weight excluding hydrogens is 803 g/mol. The lowest BCUT2D eigenvalue weighted by molar-refractivity contribution is -0.143. The monoisotopic (exact) mass is 920 g/mol. The highest BCUT2D eigenvalue weighted by Gasteiger charge is 2.20. The number of nitrogens with one attached hydrogen (secondary N) is 1. The van der Waals surface area contributed by atoms with E-state index in [4.69, 9.17) is 4.74 Å². The lowest BCUT2D eigenvalue weighted by Gasteiger charge is -2.22. The highest BCUT2D eigenvalue weighted by Crippen LogP contribution is 2.18. The molecule has 0 spiro atoms. The van der Waals surface area contributed by atoms with E-state index in [0.717, 1.165) is 38.5 Å². The highest BCUT2D eigenvalue weighted by molar-refractivity contribution is 5.76. The SMILES string of the molecule is CCCCCCCCCCCCCCCCCCCCCCC(O)C(CO)NC(=O)CCCCCCCCCCCCCCCCCCCOC(=O)CCCCCCCCCCCCC. The van der Waals surface area contributed by atoms with Crippen molar-refractivity contribution in [2.45, 2.75) is 353 Å². The van der Waals surface area contributed by atoms with E-state index in [-0.39, 0.29) is 18.5 Å². The van der Waals surface area contributed by atoms with Crippen LogP contribution in [-0.4, -0.2) is 47.4 Å². The van der Waals surface area contributed by atoms with Crippen molar-refractivity contribution in [1.82, 2.24) is 5.32 Å². The molecule has 0 heterocycles. The summed E-state index contributed by atoms with van der Waals surface area (Å²) in [5.41, 5.74) is 0. The molecule has 0 saturated heterocycles. The minimum atomic E-state index is -0.667. The minimum Gasteiger partial charge on any atom is -0.466 e. The number of ether oxygens (including phenoxy) is 1. The molecule has 0 aliphatic carbocycles. The summed E-state index contributed by atoms with van der Waals surface area (Å²) < 4.78 is 5.46. The van der Waals surface area contributed by atoms with Crippen LogP contribution in [0.1, 0.15) is 341 Å². The summed E-state index contributed by atoms with van der Waals surface area (Å²) >= 11 is 0. The van der Waals surface area contributed by atoms with Gasteiger partial charge < -0.3 is 20.3 Å². The molecule has 0 saturated carbocycles. The Bertz CT molecular complexity index is 928. The van der Waals surface area contributed by atoms with Crippen LogP contribution < -0.4 is 5.32 Å². The molecule has 65 heavy (non-hydrogen) atoms. The van der Waals surface area contributed by atoms with Crippen molar-refractivity contribution in [2.75, 3.05) is 13.2 Å². The van der Waals surface area contributed by atoms with Crippen LogP contribution in [0.4, 0.5) is 0 Å². The molecule has 2 atom stereocenters. The quantitative estimate of drug-likeness (QED) is 0.0417. The number of aliphatic hydroxyl groups excluding tert-OH is 2. The molecule has 0 aromatic carbocycles. The van der Waals surface area contributed by atoms with Gasteiger partial charge in [0.05, 0.1) is 25.4 Å². The van der Waals surface area contributed by atoms with E-state index in [2.05, 4.69) is 19.2 Å². The predicted molar refractivity (Wildman–Crippen MR) is 283 cm³/mol. The molecule has 1 amide bonds. The van der Waals surface area contributed by atoms with E-state index in [9.17, 15) is 19.8 Å². The van der Waals surface area contributed by atoms with Crippen molar-refractivity contribution < 1.29 is 24.5 Å². The van der Waals surface area contributed by atoms with Crippen molar-refractivity contribution in [1.29, 1.82) is 0 Å². The first-order valence-electron chi connectivity index (χ1n) is 29.8. The summed E-state index contributed by atoms with van der Waals surface area (Å²) in [5.74, 6) is -0.0299. The molecule has 0 radical (unpaired) electrons. The van der Waals surface area contributed by atoms with E-state index in [1.807, 2.05) is 0 Å². The normalized spacial score (nSPS) is 12.5. The van der Waals surface area contributed by atoms with Gasteiger partial charge in [0.2, 0.25) is 5.91 Å². The molecule has 6 heteroatoms. The summed E-state index contributed by atoms with van der Waals surface area (Å²) in [6.07, 6.45) is 63.8. The maximum Gasteiger partial charge on any atom is 0.305 e. The van der Waals surface area contributed by atoms with Crippen molar-refractivity contribution in [2.24, 2.45) is 0 Å². The lowest BCUT2D eigenvalue weighted by atomic mass is 10.0. The van der Waals surface area contributed by atoms with Crippen LogP contribution in [-0.2, 0) is 14.3 Å². The highest BCUT2D eigenvalue weighted by atomic mass is 16.5. The van der Waals surface area contributed by atoms with Gasteiger partial charge in [0.15, 0.2) is 0 Å². The van der Waals surface area contributed by atoms with Crippen LogP contribution in [0.5, 0.6) is 0 Å². The third-order valence-corrected chi connectivity index (χ3v) is 14.2. The van der Waals surface area contributed by atoms with Gasteiger partial charge in [-0.2, -0.15) is 0 Å². The Balaban J connectivity index is 3.41. The molecule has 0 aromatic heterocycles. The van der Waals surface area contributed by atoms with Gasteiger partial charge in [-0.05, 0) is 25.7 Å². The predicted octanol–water partition coefficient (Wildman–Crippen LogP) is 18.3. The Morgan fingerprint density at radius 2 is 0.631 bits per heavy atom. The van der Waals surface area contributed by atoms with E-state index in [0.29, 0.717) is 25.9 Å². The van der Waals surface area contributed by atoms with Crippen LogP contribution in [0.3, 0.4) is 0 Å². The first-order chi connectivity index (χ1) is 32.0. The molecule has 0 aliphatic heterocycles. The second kappa shape index (κ2) is 55.5. The van der Waals surface area contributed by atoms with Gasteiger partial charge in [0.25, 0.3) is 0 Å². The molecule has 0 aromatic rings. The first-order valence-corrected chi connectivity index (χ1v) is 29.8. The number of carbonyl (C=O) groups excluding carboxylic acids is 2. The van der Waals surface area contributed by atoms with Crippen molar-refractivity contribution >= 4 is 11.9 Å². The largest absolute Gasteiger partial charge is 0.466 e. The third kappa shape index (κ3) is 52.1. The number of hydrogen-bond acceptors (Lipinski definition) is 5. The first kappa shape index (κ1) is 63.9. The molecule has 0 rings (SSSR count). The zero-order chi connectivity index (χ0) is 47.2. The topological polar surface area (TPSA) is 95.9 Å². The van der Waals surface area contributed by atoms with Crippen molar-refractivity contribution in [3.63, 3.8) is 0 Å². The number of hydrogen-bond donors (Lipinski definition) is 3. The number of unbranched alkanes of at least 4 members (excludes halogenated alkanes) is 45. The summed E-state index contributed by atoms with van der Waals surface area (Å²) in [6.45, 7) is 4.97. The Morgan fingerprint density at radius 3 is 0.938 bits per heavy atom. The fourth-order valence-electron chi connectivity index (χ4n) is 9.58. The lowest BCUT2D eigenvalue weighted by Crippen LogP contribution is -2.45. The Morgan fingerprint density at radius 1 is 0.369 bits per heavy atom. The van der Waals surface area contributed by atoms with E-state index < -0.39 is 12.1 Å². The summed E-state index contributed by atoms with van der Waals surface area (Å²) in [4.78, 5) is 24.5. The zero-order valence-electron chi connectivity index (χ0n) is 44.3. The maximum absolute atomic E-state index is 12.5. The molecule has 3 N–H and O–H groups in total. The standard InChI is InChI=1S/C59H117NO5/c1-3-5-7-9-11-13-15-16-17-18-19-20-22-25-28-32-35-39-43-47-51-57(62)56(55-61)60-58(63)52-48-44-40-36-33-29-26-23-21-24-27-30-34-38-42-46-50-54-65-59(64)53-49-45-41-37-31-14-12-10-8-6-4-2/h56-57,61-62H,3-55H2,1-2H3,(H,60,63). The number of aliphatic hydroxyl groups is 2. The molecule has 2 unspecified atom stereocenters. The smallest absolute Gasteiger partial charge is 0.305 e. The van der Waals surface area contributed by atoms with Crippen molar-refractivity contribution in [3.8, 4) is 0 Å². The number of rotatable bonds is 56. The molecule has 6 nitrogen and oxygen atoms in total. The van der Waals surface area contributed by atoms with Gasteiger partial charge in [-0.15, -0.1) is 0 Å². The third-order valence-electron chi connectivity index (χ3n) is 14.2. The molecule has 0 bridgehead atoms. The summed E-state index contributed by atoms with van der Waals surface area (Å²) in [6, 6.07) is -0.544. The number of carbonyl (C=O) groups is 2. The van der Waals surface area contributed by atoms with Crippen LogP contribution >= 0.6 is 0 Å². The zero-order valence-corrected chi connectivity index (χ0v) is 44.3. The Hall–Kier alpha value is -1.14.